The molecule has 2 heterocycles. The van der Waals surface area contributed by atoms with Gasteiger partial charge in [-0.25, -0.2) is 9.78 Å². The summed E-state index contributed by atoms with van der Waals surface area (Å²) >= 11 is 1.48. The standard InChI is InChI=1S/C22H37N9O5S/c1-37-9-6-16(20(34)31-17(21(35)36)10-13-11-25-12-28-13)30-19(33)15(5-3-8-27-22(23)24)29-18(32)14-4-2-7-26-14/h11-12,14-17,26H,2-10H2,1H3,(H,25,28)(H,29,32)(H,30,33)(H,31,34)(H,35,36)(H4,23,24,27). The molecule has 1 aliphatic rings. The number of rotatable bonds is 16. The molecule has 2 rings (SSSR count). The van der Waals surface area contributed by atoms with Gasteiger partial charge in [0.1, 0.15) is 18.1 Å². The van der Waals surface area contributed by atoms with Crippen molar-refractivity contribution in [1.29, 1.82) is 0 Å². The van der Waals surface area contributed by atoms with Crippen LogP contribution in [0.2, 0.25) is 0 Å². The van der Waals surface area contributed by atoms with Crippen LogP contribution in [0.3, 0.4) is 0 Å². The molecule has 15 heteroatoms. The highest BCUT2D eigenvalue weighted by Gasteiger charge is 2.31. The van der Waals surface area contributed by atoms with Gasteiger partial charge in [0.05, 0.1) is 12.4 Å². The van der Waals surface area contributed by atoms with Crippen LogP contribution in [0.5, 0.6) is 0 Å². The Kier molecular flexibility index (Phi) is 12.7. The molecule has 0 saturated carbocycles. The number of guanidine groups is 1. The summed E-state index contributed by atoms with van der Waals surface area (Å²) in [5.41, 5.74) is 11.3. The molecule has 0 spiro atoms. The van der Waals surface area contributed by atoms with E-state index in [1.54, 1.807) is 0 Å². The second-order valence-electron chi connectivity index (χ2n) is 8.68. The van der Waals surface area contributed by atoms with Gasteiger partial charge in [0.15, 0.2) is 5.96 Å². The van der Waals surface area contributed by atoms with Crippen LogP contribution >= 0.6 is 11.8 Å². The fourth-order valence-corrected chi connectivity index (χ4v) is 4.29. The number of aromatic nitrogens is 2. The minimum atomic E-state index is -1.22. The molecule has 37 heavy (non-hydrogen) atoms. The largest absolute Gasteiger partial charge is 0.480 e. The fraction of sp³-hybridized carbons (Fsp3) is 0.636. The summed E-state index contributed by atoms with van der Waals surface area (Å²) in [6.45, 7) is 0.994. The Balaban J connectivity index is 2.09. The lowest BCUT2D eigenvalue weighted by Crippen LogP contribution is -2.57. The maximum Gasteiger partial charge on any atom is 0.326 e. The van der Waals surface area contributed by atoms with Gasteiger partial charge < -0.3 is 42.8 Å². The van der Waals surface area contributed by atoms with E-state index in [1.807, 2.05) is 6.26 Å². The molecule has 4 unspecified atom stereocenters. The summed E-state index contributed by atoms with van der Waals surface area (Å²) in [6.07, 6.45) is 7.22. The molecule has 0 aromatic carbocycles. The van der Waals surface area contributed by atoms with E-state index in [9.17, 15) is 24.3 Å². The third kappa shape index (κ3) is 10.7. The zero-order valence-corrected chi connectivity index (χ0v) is 21.7. The highest BCUT2D eigenvalue weighted by atomic mass is 32.2. The molecule has 0 bridgehead atoms. The molecule has 1 aromatic heterocycles. The first-order valence-electron chi connectivity index (χ1n) is 12.1. The van der Waals surface area contributed by atoms with Crippen molar-refractivity contribution >= 4 is 41.4 Å². The highest BCUT2D eigenvalue weighted by molar-refractivity contribution is 7.98. The molecule has 3 amide bonds. The SMILES string of the molecule is CSCCC(NC(=O)C(CCCN=C(N)N)NC(=O)C1CCCN1)C(=O)NC(Cc1cnc[nH]1)C(=O)O. The number of carbonyl (C=O) groups excluding carboxylic acids is 3. The van der Waals surface area contributed by atoms with Crippen molar-refractivity contribution in [2.45, 2.75) is 62.7 Å². The zero-order valence-electron chi connectivity index (χ0n) is 20.9. The van der Waals surface area contributed by atoms with E-state index in [-0.39, 0.29) is 43.7 Å². The van der Waals surface area contributed by atoms with E-state index < -0.39 is 35.9 Å². The van der Waals surface area contributed by atoms with E-state index in [4.69, 9.17) is 11.5 Å². The molecule has 1 aliphatic heterocycles. The van der Waals surface area contributed by atoms with Gasteiger partial charge in [-0.05, 0) is 50.7 Å². The predicted molar refractivity (Wildman–Crippen MR) is 140 cm³/mol. The number of thioether (sulfide) groups is 1. The minimum Gasteiger partial charge on any atom is -0.480 e. The third-order valence-corrected chi connectivity index (χ3v) is 6.44. The van der Waals surface area contributed by atoms with Crippen LogP contribution in [0.1, 0.15) is 37.8 Å². The number of amides is 3. The summed E-state index contributed by atoms with van der Waals surface area (Å²) in [6, 6.07) is -3.52. The molecule has 206 valence electrons. The lowest BCUT2D eigenvalue weighted by atomic mass is 10.1. The first-order valence-corrected chi connectivity index (χ1v) is 13.5. The molecule has 1 fully saturated rings. The average Bonchev–Trinajstić information content (AvgIpc) is 3.57. The van der Waals surface area contributed by atoms with Crippen molar-refractivity contribution in [2.75, 3.05) is 25.1 Å². The molecular formula is C22H37N9O5S. The zero-order chi connectivity index (χ0) is 27.2. The van der Waals surface area contributed by atoms with Crippen molar-refractivity contribution < 1.29 is 24.3 Å². The molecule has 14 nitrogen and oxygen atoms in total. The Labute approximate surface area is 219 Å². The first kappa shape index (κ1) is 29.9. The maximum absolute atomic E-state index is 13.2. The maximum atomic E-state index is 13.2. The Bertz CT molecular complexity index is 918. The van der Waals surface area contributed by atoms with Crippen molar-refractivity contribution in [3.05, 3.63) is 18.2 Å². The number of nitrogens with zero attached hydrogens (tertiary/aromatic N) is 2. The number of nitrogens with two attached hydrogens (primary N) is 2. The van der Waals surface area contributed by atoms with Gasteiger partial charge in [0.25, 0.3) is 0 Å². The fourth-order valence-electron chi connectivity index (χ4n) is 3.82. The summed E-state index contributed by atoms with van der Waals surface area (Å²) < 4.78 is 0. The number of carboxylic acid groups (broad SMARTS) is 1. The second-order valence-corrected chi connectivity index (χ2v) is 9.67. The van der Waals surface area contributed by atoms with E-state index in [2.05, 4.69) is 36.2 Å². The number of aliphatic carboxylic acids is 1. The smallest absolute Gasteiger partial charge is 0.326 e. The molecule has 1 saturated heterocycles. The summed E-state index contributed by atoms with van der Waals surface area (Å²) in [5, 5.41) is 20.7. The Morgan fingerprint density at radius 1 is 1.16 bits per heavy atom. The number of hydrogen-bond donors (Lipinski definition) is 8. The number of H-pyrrole nitrogens is 1. The van der Waals surface area contributed by atoms with Crippen LogP contribution in [-0.2, 0) is 25.6 Å². The first-order chi connectivity index (χ1) is 17.7. The normalized spacial score (nSPS) is 17.3. The number of aliphatic imine (C=N–C) groups is 1. The molecular weight excluding hydrogens is 502 g/mol. The quantitative estimate of drug-likeness (QED) is 0.0657. The lowest BCUT2D eigenvalue weighted by molar-refractivity contribution is -0.142. The topological polar surface area (TPSA) is 230 Å². The monoisotopic (exact) mass is 539 g/mol. The summed E-state index contributed by atoms with van der Waals surface area (Å²) in [5.74, 6) is -2.21. The van der Waals surface area contributed by atoms with Gasteiger partial charge >= 0.3 is 5.97 Å². The number of carbonyl (C=O) groups is 4. The van der Waals surface area contributed by atoms with E-state index in [1.165, 1.54) is 24.3 Å². The van der Waals surface area contributed by atoms with E-state index in [0.29, 0.717) is 24.3 Å². The van der Waals surface area contributed by atoms with Gasteiger partial charge in [-0.15, -0.1) is 0 Å². The number of imidazole rings is 1. The van der Waals surface area contributed by atoms with Crippen molar-refractivity contribution in [3.63, 3.8) is 0 Å². The van der Waals surface area contributed by atoms with Gasteiger partial charge in [0, 0.05) is 24.9 Å². The van der Waals surface area contributed by atoms with Crippen LogP contribution in [0.15, 0.2) is 17.5 Å². The Hall–Kier alpha value is -3.33. The van der Waals surface area contributed by atoms with Gasteiger partial charge in [-0.2, -0.15) is 11.8 Å². The van der Waals surface area contributed by atoms with Crippen molar-refractivity contribution in [3.8, 4) is 0 Å². The average molecular weight is 540 g/mol. The van der Waals surface area contributed by atoms with E-state index >= 15 is 0 Å². The minimum absolute atomic E-state index is 0.00211. The van der Waals surface area contributed by atoms with Gasteiger partial charge in [-0.1, -0.05) is 0 Å². The van der Waals surface area contributed by atoms with E-state index in [0.717, 1.165) is 13.0 Å². The van der Waals surface area contributed by atoms with Crippen molar-refractivity contribution in [1.82, 2.24) is 31.2 Å². The summed E-state index contributed by atoms with van der Waals surface area (Å²) in [7, 11) is 0. The van der Waals surface area contributed by atoms with Crippen LogP contribution in [-0.4, -0.2) is 94.0 Å². The highest BCUT2D eigenvalue weighted by Crippen LogP contribution is 2.09. The number of hydrogen-bond acceptors (Lipinski definition) is 8. The summed E-state index contributed by atoms with van der Waals surface area (Å²) in [4.78, 5) is 61.3. The van der Waals surface area contributed by atoms with Gasteiger partial charge in [0.2, 0.25) is 17.7 Å². The van der Waals surface area contributed by atoms with Crippen LogP contribution < -0.4 is 32.7 Å². The van der Waals surface area contributed by atoms with Gasteiger partial charge in [-0.3, -0.25) is 19.4 Å². The molecule has 0 radical (unpaired) electrons. The number of carboxylic acids is 1. The third-order valence-electron chi connectivity index (χ3n) is 5.79. The Morgan fingerprint density at radius 2 is 1.86 bits per heavy atom. The number of nitrogens with one attached hydrogen (secondary N) is 5. The van der Waals surface area contributed by atoms with Crippen LogP contribution in [0.25, 0.3) is 0 Å². The molecule has 1 aromatic rings. The molecule has 4 atom stereocenters. The van der Waals surface area contributed by atoms with Crippen LogP contribution in [0.4, 0.5) is 0 Å². The number of aromatic amines is 1. The Morgan fingerprint density at radius 3 is 2.43 bits per heavy atom. The lowest BCUT2D eigenvalue weighted by Gasteiger charge is -2.25. The molecule has 10 N–H and O–H groups in total. The van der Waals surface area contributed by atoms with Crippen LogP contribution in [0, 0.1) is 0 Å². The predicted octanol–water partition coefficient (Wildman–Crippen LogP) is -1.95. The molecule has 0 aliphatic carbocycles. The second kappa shape index (κ2) is 15.7. The van der Waals surface area contributed by atoms with Crippen molar-refractivity contribution in [2.24, 2.45) is 16.5 Å².